The first-order valence-electron chi connectivity index (χ1n) is 5.12. The highest BCUT2D eigenvalue weighted by Gasteiger charge is 2.28. The fourth-order valence-corrected chi connectivity index (χ4v) is 1.67. The van der Waals surface area contributed by atoms with Gasteiger partial charge in [0.2, 0.25) is 0 Å². The van der Waals surface area contributed by atoms with Crippen molar-refractivity contribution in [2.24, 2.45) is 5.84 Å². The molecule has 1 unspecified atom stereocenters. The minimum absolute atomic E-state index is 0.112. The molecule has 3 N–H and O–H groups in total. The van der Waals surface area contributed by atoms with Crippen molar-refractivity contribution < 1.29 is 13.2 Å². The zero-order valence-corrected chi connectivity index (χ0v) is 10.1. The number of nitrogens with one attached hydrogen (secondary N) is 1. The first-order chi connectivity index (χ1) is 7.83. The number of alkyl halides is 3. The molecule has 0 aromatic heterocycles. The quantitative estimate of drug-likeness (QED) is 0.647. The first kappa shape index (κ1) is 14.3. The van der Waals surface area contributed by atoms with Crippen LogP contribution in [0.3, 0.4) is 0 Å². The van der Waals surface area contributed by atoms with Crippen LogP contribution in [0.25, 0.3) is 0 Å². The molecular weight excluding hydrogens is 253 g/mol. The molecule has 0 amide bonds. The highest BCUT2D eigenvalue weighted by molar-refractivity contribution is 6.31. The highest BCUT2D eigenvalue weighted by atomic mass is 35.5. The highest BCUT2D eigenvalue weighted by Crippen LogP contribution is 2.28. The summed E-state index contributed by atoms with van der Waals surface area (Å²) in [6.07, 6.45) is -5.17. The van der Waals surface area contributed by atoms with Gasteiger partial charge in [-0.25, -0.2) is 0 Å². The maximum absolute atomic E-state index is 12.1. The van der Waals surface area contributed by atoms with Crippen molar-refractivity contribution in [2.45, 2.75) is 32.0 Å². The van der Waals surface area contributed by atoms with Gasteiger partial charge in [0.1, 0.15) is 0 Å². The van der Waals surface area contributed by atoms with Crippen molar-refractivity contribution in [1.82, 2.24) is 5.43 Å². The zero-order valence-electron chi connectivity index (χ0n) is 9.31. The first-order valence-corrected chi connectivity index (χ1v) is 5.50. The molecule has 1 aromatic rings. The normalized spacial score (nSPS) is 13.8. The van der Waals surface area contributed by atoms with Gasteiger partial charge >= 0.3 is 6.18 Å². The lowest BCUT2D eigenvalue weighted by Crippen LogP contribution is -2.29. The van der Waals surface area contributed by atoms with Crippen LogP contribution in [0.15, 0.2) is 18.2 Å². The lowest BCUT2D eigenvalue weighted by Gasteiger charge is -2.18. The van der Waals surface area contributed by atoms with Gasteiger partial charge in [0.05, 0.1) is 0 Å². The summed E-state index contributed by atoms with van der Waals surface area (Å²) in [5.41, 5.74) is 3.92. The molecule has 2 nitrogen and oxygen atoms in total. The topological polar surface area (TPSA) is 38.0 Å². The predicted octanol–water partition coefficient (Wildman–Crippen LogP) is 3.50. The van der Waals surface area contributed by atoms with Crippen LogP contribution in [0.2, 0.25) is 5.02 Å². The molecule has 0 fully saturated rings. The summed E-state index contributed by atoms with van der Waals surface area (Å²) in [5.74, 6) is 5.26. The van der Waals surface area contributed by atoms with Crippen LogP contribution in [-0.2, 0) is 0 Å². The van der Waals surface area contributed by atoms with Crippen LogP contribution in [0, 0.1) is 6.92 Å². The average molecular weight is 267 g/mol. The third kappa shape index (κ3) is 4.53. The summed E-state index contributed by atoms with van der Waals surface area (Å²) in [6, 6.07) is 4.57. The van der Waals surface area contributed by atoms with Gasteiger partial charge in [-0.05, 0) is 30.5 Å². The lowest BCUT2D eigenvalue weighted by atomic mass is 10.0. The molecule has 0 aliphatic carbocycles. The Morgan fingerprint density at radius 2 is 2.06 bits per heavy atom. The summed E-state index contributed by atoms with van der Waals surface area (Å²) in [5, 5.41) is 0.523. The fraction of sp³-hybridized carbons (Fsp3) is 0.455. The number of nitrogens with two attached hydrogens (primary N) is 1. The second-order valence-electron chi connectivity index (χ2n) is 3.88. The second-order valence-corrected chi connectivity index (χ2v) is 4.29. The van der Waals surface area contributed by atoms with Crippen LogP contribution in [-0.4, -0.2) is 6.18 Å². The van der Waals surface area contributed by atoms with Crippen molar-refractivity contribution in [3.63, 3.8) is 0 Å². The number of benzene rings is 1. The van der Waals surface area contributed by atoms with Gasteiger partial charge in [-0.3, -0.25) is 11.3 Å². The summed E-state index contributed by atoms with van der Waals surface area (Å²) < 4.78 is 36.4. The number of hydrazine groups is 1. The maximum atomic E-state index is 12.1. The average Bonchev–Trinajstić information content (AvgIpc) is 2.22. The molecule has 0 aliphatic heterocycles. The van der Waals surface area contributed by atoms with E-state index in [2.05, 4.69) is 5.43 Å². The molecule has 6 heteroatoms. The van der Waals surface area contributed by atoms with Crippen LogP contribution in [0.5, 0.6) is 0 Å². The lowest BCUT2D eigenvalue weighted by molar-refractivity contribution is -0.136. The molecule has 1 atom stereocenters. The van der Waals surface area contributed by atoms with Gasteiger partial charge in [-0.2, -0.15) is 13.2 Å². The zero-order chi connectivity index (χ0) is 13.1. The predicted molar refractivity (Wildman–Crippen MR) is 61.5 cm³/mol. The van der Waals surface area contributed by atoms with E-state index in [1.54, 1.807) is 18.2 Å². The third-order valence-corrected chi connectivity index (χ3v) is 2.92. The Morgan fingerprint density at radius 1 is 1.41 bits per heavy atom. The van der Waals surface area contributed by atoms with E-state index >= 15 is 0 Å². The van der Waals surface area contributed by atoms with Gasteiger partial charge in [0.15, 0.2) is 0 Å². The Labute approximate surface area is 103 Å². The van der Waals surface area contributed by atoms with E-state index in [0.29, 0.717) is 10.6 Å². The minimum Gasteiger partial charge on any atom is -0.271 e. The van der Waals surface area contributed by atoms with Gasteiger partial charge in [-0.15, -0.1) is 0 Å². The Hall–Kier alpha value is -0.780. The van der Waals surface area contributed by atoms with Gasteiger partial charge in [-0.1, -0.05) is 23.7 Å². The van der Waals surface area contributed by atoms with E-state index in [0.717, 1.165) is 5.56 Å². The molecule has 0 aliphatic rings. The Balaban J connectivity index is 2.76. The molecule has 0 saturated carbocycles. The number of rotatable bonds is 4. The largest absolute Gasteiger partial charge is 0.389 e. The molecule has 96 valence electrons. The fourth-order valence-electron chi connectivity index (χ4n) is 1.48. The monoisotopic (exact) mass is 266 g/mol. The van der Waals surface area contributed by atoms with E-state index < -0.39 is 18.6 Å². The maximum Gasteiger partial charge on any atom is 0.389 e. The van der Waals surface area contributed by atoms with Crippen LogP contribution >= 0.6 is 11.6 Å². The summed E-state index contributed by atoms with van der Waals surface area (Å²) in [7, 11) is 0. The van der Waals surface area contributed by atoms with Crippen LogP contribution < -0.4 is 11.3 Å². The summed E-state index contributed by atoms with van der Waals surface area (Å²) in [6.45, 7) is 1.83. The van der Waals surface area contributed by atoms with Crippen molar-refractivity contribution in [3.05, 3.63) is 34.3 Å². The van der Waals surface area contributed by atoms with Crippen molar-refractivity contribution in [2.75, 3.05) is 0 Å². The van der Waals surface area contributed by atoms with Crippen molar-refractivity contribution in [1.29, 1.82) is 0 Å². The number of hydrogen-bond donors (Lipinski definition) is 2. The summed E-state index contributed by atoms with van der Waals surface area (Å²) in [4.78, 5) is 0. The SMILES string of the molecule is Cc1ccc(C(CCC(F)(F)F)NN)cc1Cl. The molecular formula is C11H14ClF3N2. The number of aryl methyl sites for hydroxylation is 1. The minimum atomic E-state index is -4.18. The van der Waals surface area contributed by atoms with Crippen molar-refractivity contribution >= 4 is 11.6 Å². The van der Waals surface area contributed by atoms with E-state index in [4.69, 9.17) is 17.4 Å². The molecule has 0 spiro atoms. The Bertz CT molecular complexity index is 379. The van der Waals surface area contributed by atoms with Crippen LogP contribution in [0.1, 0.15) is 30.0 Å². The molecule has 1 aromatic carbocycles. The van der Waals surface area contributed by atoms with E-state index in [-0.39, 0.29) is 6.42 Å². The van der Waals surface area contributed by atoms with Gasteiger partial charge < -0.3 is 0 Å². The smallest absolute Gasteiger partial charge is 0.271 e. The molecule has 0 heterocycles. The molecule has 1 rings (SSSR count). The Morgan fingerprint density at radius 3 is 2.53 bits per heavy atom. The van der Waals surface area contributed by atoms with E-state index in [9.17, 15) is 13.2 Å². The molecule has 0 radical (unpaired) electrons. The summed E-state index contributed by atoms with van der Waals surface area (Å²) >= 11 is 5.91. The van der Waals surface area contributed by atoms with Gasteiger partial charge in [0, 0.05) is 17.5 Å². The standard InChI is InChI=1S/C11H14ClF3N2/c1-7-2-3-8(6-9(7)12)10(17-16)4-5-11(13,14)15/h2-3,6,10,17H,4-5,16H2,1H3. The van der Waals surface area contributed by atoms with Gasteiger partial charge in [0.25, 0.3) is 0 Å². The van der Waals surface area contributed by atoms with Crippen LogP contribution in [0.4, 0.5) is 13.2 Å². The molecule has 0 saturated heterocycles. The van der Waals surface area contributed by atoms with Crippen molar-refractivity contribution in [3.8, 4) is 0 Å². The second kappa shape index (κ2) is 5.71. The van der Waals surface area contributed by atoms with E-state index in [1.165, 1.54) is 0 Å². The molecule has 17 heavy (non-hydrogen) atoms. The third-order valence-electron chi connectivity index (χ3n) is 2.52. The number of hydrogen-bond acceptors (Lipinski definition) is 2. The molecule has 0 bridgehead atoms. The van der Waals surface area contributed by atoms with E-state index in [1.807, 2.05) is 6.92 Å². The Kier molecular flexibility index (Phi) is 4.80. The number of halogens is 4.